The molecule has 5 N–H and O–H groups in total. The zero-order chi connectivity index (χ0) is 28.9. The van der Waals surface area contributed by atoms with Crippen molar-refractivity contribution in [3.05, 3.63) is 70.8 Å². The van der Waals surface area contributed by atoms with Gasteiger partial charge in [-0.15, -0.1) is 0 Å². The SMILES string of the molecule is CCS(=N)(=O)c1ccc(C(=O)Nc2ccc(N(CCN3CCCCC3)C(=O)c3[nH]cnc3C(N)=O)cc2)c(Cl)c1. The van der Waals surface area contributed by atoms with Crippen LogP contribution in [-0.4, -0.2) is 68.7 Å². The molecule has 2 heterocycles. The van der Waals surface area contributed by atoms with Crippen molar-refractivity contribution in [2.75, 3.05) is 42.1 Å². The molecule has 0 radical (unpaired) electrons. The summed E-state index contributed by atoms with van der Waals surface area (Å²) in [7, 11) is -2.96. The average molecular weight is 586 g/mol. The van der Waals surface area contributed by atoms with Crippen molar-refractivity contribution in [2.24, 2.45) is 5.73 Å². The molecule has 1 aliphatic heterocycles. The molecule has 1 unspecified atom stereocenters. The molecule has 0 aliphatic carbocycles. The van der Waals surface area contributed by atoms with E-state index in [0.29, 0.717) is 24.5 Å². The van der Waals surface area contributed by atoms with Crippen molar-refractivity contribution in [2.45, 2.75) is 31.1 Å². The van der Waals surface area contributed by atoms with Crippen molar-refractivity contribution >= 4 is 50.4 Å². The number of nitrogens with zero attached hydrogens (tertiary/aromatic N) is 3. The van der Waals surface area contributed by atoms with Gasteiger partial charge in [0, 0.05) is 35.1 Å². The van der Waals surface area contributed by atoms with Gasteiger partial charge in [-0.2, -0.15) is 0 Å². The Morgan fingerprint density at radius 3 is 2.48 bits per heavy atom. The predicted molar refractivity (Wildman–Crippen MR) is 155 cm³/mol. The van der Waals surface area contributed by atoms with E-state index in [1.165, 1.54) is 30.9 Å². The van der Waals surface area contributed by atoms with Gasteiger partial charge in [0.1, 0.15) is 5.69 Å². The van der Waals surface area contributed by atoms with Crippen molar-refractivity contribution in [3.63, 3.8) is 0 Å². The van der Waals surface area contributed by atoms with E-state index in [4.69, 9.17) is 22.1 Å². The molecule has 0 bridgehead atoms. The van der Waals surface area contributed by atoms with E-state index in [0.717, 1.165) is 25.9 Å². The van der Waals surface area contributed by atoms with Crippen LogP contribution in [0.4, 0.5) is 11.4 Å². The maximum atomic E-state index is 13.5. The minimum Gasteiger partial charge on any atom is -0.364 e. The quantitative estimate of drug-likeness (QED) is 0.281. The number of aromatic amines is 1. The van der Waals surface area contributed by atoms with Gasteiger partial charge < -0.3 is 25.8 Å². The number of nitrogens with two attached hydrogens (primary N) is 1. The minimum atomic E-state index is -2.96. The van der Waals surface area contributed by atoms with Gasteiger partial charge in [-0.3, -0.25) is 14.4 Å². The number of benzene rings is 2. The molecule has 4 rings (SSSR count). The molecule has 1 aromatic heterocycles. The van der Waals surface area contributed by atoms with Crippen molar-refractivity contribution in [3.8, 4) is 0 Å². The smallest absolute Gasteiger partial charge is 0.277 e. The van der Waals surface area contributed by atoms with Crippen LogP contribution in [0, 0.1) is 4.78 Å². The van der Waals surface area contributed by atoms with Crippen LogP contribution < -0.4 is 16.0 Å². The maximum Gasteiger partial charge on any atom is 0.277 e. The summed E-state index contributed by atoms with van der Waals surface area (Å²) in [6, 6.07) is 11.0. The lowest BCUT2D eigenvalue weighted by Gasteiger charge is -2.30. The fourth-order valence-corrected chi connectivity index (χ4v) is 5.79. The molecule has 2 aromatic carbocycles. The van der Waals surface area contributed by atoms with E-state index in [1.54, 1.807) is 36.1 Å². The van der Waals surface area contributed by atoms with Gasteiger partial charge in [-0.1, -0.05) is 24.9 Å². The second-order valence-corrected chi connectivity index (χ2v) is 12.3. The third-order valence-corrected chi connectivity index (χ3v) is 8.97. The summed E-state index contributed by atoms with van der Waals surface area (Å²) in [4.78, 5) is 49.0. The van der Waals surface area contributed by atoms with Crippen LogP contribution in [0.25, 0.3) is 0 Å². The summed E-state index contributed by atoms with van der Waals surface area (Å²) in [5.41, 5.74) is 6.52. The lowest BCUT2D eigenvalue weighted by Crippen LogP contribution is -2.41. The highest BCUT2D eigenvalue weighted by atomic mass is 35.5. The lowest BCUT2D eigenvalue weighted by atomic mass is 10.1. The number of hydrogen-bond acceptors (Lipinski definition) is 7. The summed E-state index contributed by atoms with van der Waals surface area (Å²) >= 11 is 6.28. The fourth-order valence-electron chi connectivity index (χ4n) is 4.53. The molecule has 1 aliphatic rings. The molecule has 11 nitrogen and oxygen atoms in total. The number of rotatable bonds is 10. The highest BCUT2D eigenvalue weighted by Crippen LogP contribution is 2.25. The first-order valence-corrected chi connectivity index (χ1v) is 15.1. The van der Waals surface area contributed by atoms with Gasteiger partial charge in [0.05, 0.1) is 26.6 Å². The van der Waals surface area contributed by atoms with Gasteiger partial charge >= 0.3 is 0 Å². The normalized spacial score (nSPS) is 15.2. The van der Waals surface area contributed by atoms with Gasteiger partial charge in [0.15, 0.2) is 5.69 Å². The van der Waals surface area contributed by atoms with Gasteiger partial charge in [-0.05, 0) is 68.4 Å². The molecule has 40 heavy (non-hydrogen) atoms. The number of carbonyl (C=O) groups is 3. The highest BCUT2D eigenvalue weighted by molar-refractivity contribution is 7.92. The average Bonchev–Trinajstić information content (AvgIpc) is 3.45. The molecule has 0 spiro atoms. The summed E-state index contributed by atoms with van der Waals surface area (Å²) in [6.45, 7) is 4.61. The standard InChI is InChI=1S/C27H32ClN7O4S/c1-2-40(30,39)20-10-11-21(22(28)16-20)26(37)33-18-6-8-19(9-7-18)35(15-14-34-12-4-3-5-13-34)27(38)24-23(25(29)36)31-17-32-24/h6-11,16-17,30H,2-5,12-15H2,1H3,(H2,29,36)(H,31,32)(H,33,37). The first-order chi connectivity index (χ1) is 19.1. The van der Waals surface area contributed by atoms with Crippen molar-refractivity contribution in [1.82, 2.24) is 14.9 Å². The molecule has 212 valence electrons. The number of piperidine rings is 1. The predicted octanol–water partition coefficient (Wildman–Crippen LogP) is 3.97. The number of primary amides is 1. The van der Waals surface area contributed by atoms with Crippen molar-refractivity contribution in [1.29, 1.82) is 4.78 Å². The zero-order valence-electron chi connectivity index (χ0n) is 22.1. The number of imidazole rings is 1. The number of likely N-dealkylation sites (tertiary alicyclic amines) is 1. The maximum absolute atomic E-state index is 13.5. The molecular weight excluding hydrogens is 554 g/mol. The Kier molecular flexibility index (Phi) is 9.23. The van der Waals surface area contributed by atoms with E-state index < -0.39 is 27.5 Å². The minimum absolute atomic E-state index is 0.0151. The molecule has 3 aromatic rings. The van der Waals surface area contributed by atoms with E-state index in [-0.39, 0.29) is 32.6 Å². The van der Waals surface area contributed by atoms with Crippen LogP contribution in [-0.2, 0) is 9.73 Å². The largest absolute Gasteiger partial charge is 0.364 e. The highest BCUT2D eigenvalue weighted by Gasteiger charge is 2.26. The fraction of sp³-hybridized carbons (Fsp3) is 0.333. The molecule has 0 saturated carbocycles. The Labute approximate surface area is 238 Å². The Hall–Kier alpha value is -3.74. The molecule has 1 saturated heterocycles. The molecule has 1 fully saturated rings. The molecule has 13 heteroatoms. The number of anilines is 2. The Morgan fingerprint density at radius 2 is 1.85 bits per heavy atom. The van der Waals surface area contributed by atoms with Crippen LogP contribution in [0.2, 0.25) is 5.02 Å². The van der Waals surface area contributed by atoms with Gasteiger partial charge in [0.2, 0.25) is 0 Å². The third-order valence-electron chi connectivity index (χ3n) is 6.83. The van der Waals surface area contributed by atoms with E-state index in [2.05, 4.69) is 20.2 Å². The lowest BCUT2D eigenvalue weighted by molar-refractivity contribution is 0.0952. The number of amides is 3. The zero-order valence-corrected chi connectivity index (χ0v) is 23.7. The number of H-pyrrole nitrogens is 1. The van der Waals surface area contributed by atoms with Crippen LogP contribution in [0.1, 0.15) is 57.5 Å². The first-order valence-electron chi connectivity index (χ1n) is 13.0. The Morgan fingerprint density at radius 1 is 1.15 bits per heavy atom. The summed E-state index contributed by atoms with van der Waals surface area (Å²) < 4.78 is 20.3. The molecule has 3 amide bonds. The Bertz CT molecular complexity index is 1500. The first kappa shape index (κ1) is 29.2. The molecule has 1 atom stereocenters. The summed E-state index contributed by atoms with van der Waals surface area (Å²) in [5, 5.41) is 2.87. The van der Waals surface area contributed by atoms with Crippen LogP contribution in [0.5, 0.6) is 0 Å². The topological polar surface area (TPSA) is 165 Å². The van der Waals surface area contributed by atoms with E-state index >= 15 is 0 Å². The van der Waals surface area contributed by atoms with Crippen molar-refractivity contribution < 1.29 is 18.6 Å². The van der Waals surface area contributed by atoms with Crippen LogP contribution >= 0.6 is 11.6 Å². The Balaban J connectivity index is 1.53. The number of hydrogen-bond donors (Lipinski definition) is 4. The second-order valence-electron chi connectivity index (χ2n) is 9.46. The summed E-state index contributed by atoms with van der Waals surface area (Å²) in [6.07, 6.45) is 4.68. The monoisotopic (exact) mass is 585 g/mol. The van der Waals surface area contributed by atoms with Crippen LogP contribution in [0.3, 0.4) is 0 Å². The number of nitrogens with one attached hydrogen (secondary N) is 3. The number of aromatic nitrogens is 2. The van der Waals surface area contributed by atoms with Gasteiger partial charge in [0.25, 0.3) is 17.7 Å². The summed E-state index contributed by atoms with van der Waals surface area (Å²) in [5.74, 6) is -1.57. The number of carbonyl (C=O) groups excluding carboxylic acids is 3. The third kappa shape index (κ3) is 6.69. The van der Waals surface area contributed by atoms with E-state index in [9.17, 15) is 18.6 Å². The molecular formula is C27H32ClN7O4S. The number of halogens is 1. The second kappa shape index (κ2) is 12.6. The van der Waals surface area contributed by atoms with Crippen LogP contribution in [0.15, 0.2) is 53.7 Å². The van der Waals surface area contributed by atoms with E-state index in [1.807, 2.05) is 0 Å². The van der Waals surface area contributed by atoms with Gasteiger partial charge in [-0.25, -0.2) is 14.0 Å².